The zero-order valence-electron chi connectivity index (χ0n) is 6.67. The van der Waals surface area contributed by atoms with E-state index in [4.69, 9.17) is 0 Å². The lowest BCUT2D eigenvalue weighted by Gasteiger charge is -2.35. The fraction of sp³-hybridized carbons (Fsp3) is 1.00. The van der Waals surface area contributed by atoms with Gasteiger partial charge in [0.2, 0.25) is 0 Å². The van der Waals surface area contributed by atoms with E-state index in [0.717, 1.165) is 13.1 Å². The molecule has 1 atom stereocenters. The Bertz CT molecular complexity index is 106. The van der Waals surface area contributed by atoms with Gasteiger partial charge >= 0.3 is 0 Å². The van der Waals surface area contributed by atoms with E-state index in [2.05, 4.69) is 24.1 Å². The van der Waals surface area contributed by atoms with Gasteiger partial charge in [0.05, 0.1) is 0 Å². The lowest BCUT2D eigenvalue weighted by Crippen LogP contribution is -2.53. The highest BCUT2D eigenvalue weighted by atomic mass is 16.3. The van der Waals surface area contributed by atoms with Crippen LogP contribution in [0.5, 0.6) is 0 Å². The van der Waals surface area contributed by atoms with E-state index in [1.54, 1.807) is 0 Å². The molecule has 3 nitrogen and oxygen atoms in total. The molecule has 10 heavy (non-hydrogen) atoms. The van der Waals surface area contributed by atoms with E-state index in [-0.39, 0.29) is 6.23 Å². The Morgan fingerprint density at radius 3 is 2.70 bits per heavy atom. The van der Waals surface area contributed by atoms with Crippen LogP contribution in [0.15, 0.2) is 0 Å². The Hall–Kier alpha value is -0.120. The highest BCUT2D eigenvalue weighted by Gasteiger charge is 2.21. The number of aliphatic hydroxyl groups excluding tert-OH is 1. The fourth-order valence-corrected chi connectivity index (χ4v) is 1.31. The van der Waals surface area contributed by atoms with Gasteiger partial charge in [-0.2, -0.15) is 0 Å². The number of nitrogens with zero attached hydrogens (tertiary/aromatic N) is 1. The summed E-state index contributed by atoms with van der Waals surface area (Å²) in [6, 6.07) is 0.456. The zero-order chi connectivity index (χ0) is 7.56. The van der Waals surface area contributed by atoms with Crippen LogP contribution in [0.3, 0.4) is 0 Å². The van der Waals surface area contributed by atoms with Crippen molar-refractivity contribution >= 4 is 0 Å². The predicted molar refractivity (Wildman–Crippen MR) is 40.7 cm³/mol. The summed E-state index contributed by atoms with van der Waals surface area (Å²) < 4.78 is 0. The maximum absolute atomic E-state index is 9.40. The molecule has 1 aliphatic rings. The molecule has 1 unspecified atom stereocenters. The summed E-state index contributed by atoms with van der Waals surface area (Å²) in [5.74, 6) is 0. The molecule has 0 aliphatic carbocycles. The molecule has 0 saturated carbocycles. The van der Waals surface area contributed by atoms with Crippen molar-refractivity contribution in [1.82, 2.24) is 10.2 Å². The topological polar surface area (TPSA) is 35.5 Å². The van der Waals surface area contributed by atoms with Crippen LogP contribution >= 0.6 is 0 Å². The van der Waals surface area contributed by atoms with Gasteiger partial charge in [-0.15, -0.1) is 0 Å². The predicted octanol–water partition coefficient (Wildman–Crippen LogP) is -0.382. The molecule has 0 radical (unpaired) electrons. The summed E-state index contributed by atoms with van der Waals surface area (Å²) in [7, 11) is 0. The van der Waals surface area contributed by atoms with Crippen LogP contribution < -0.4 is 5.32 Å². The van der Waals surface area contributed by atoms with Gasteiger partial charge in [0.1, 0.15) is 6.23 Å². The third-order valence-corrected chi connectivity index (χ3v) is 1.92. The minimum Gasteiger partial charge on any atom is -0.377 e. The van der Waals surface area contributed by atoms with Gasteiger partial charge in [-0.3, -0.25) is 4.90 Å². The number of rotatable bonds is 1. The average molecular weight is 144 g/mol. The van der Waals surface area contributed by atoms with E-state index >= 15 is 0 Å². The van der Waals surface area contributed by atoms with Crippen molar-refractivity contribution in [1.29, 1.82) is 0 Å². The number of piperazine rings is 1. The molecule has 0 bridgehead atoms. The number of aliphatic hydroxyl groups is 1. The Balaban J connectivity index is 2.40. The standard InChI is InChI=1S/C7H16N2O/c1-6(2)9-4-3-8-5-7(9)10/h6-8,10H,3-5H2,1-2H3. The molecule has 0 spiro atoms. The summed E-state index contributed by atoms with van der Waals surface area (Å²) in [4.78, 5) is 2.09. The van der Waals surface area contributed by atoms with E-state index in [1.807, 2.05) is 0 Å². The molecular weight excluding hydrogens is 128 g/mol. The summed E-state index contributed by atoms with van der Waals surface area (Å²) in [6.45, 7) is 6.87. The third-order valence-electron chi connectivity index (χ3n) is 1.92. The van der Waals surface area contributed by atoms with Gasteiger partial charge < -0.3 is 10.4 Å². The van der Waals surface area contributed by atoms with Crippen LogP contribution in [0.1, 0.15) is 13.8 Å². The molecular formula is C7H16N2O. The summed E-state index contributed by atoms with van der Waals surface area (Å²) in [5.41, 5.74) is 0. The number of hydrogen-bond donors (Lipinski definition) is 2. The van der Waals surface area contributed by atoms with Crippen LogP contribution in [0.25, 0.3) is 0 Å². The second kappa shape index (κ2) is 3.32. The van der Waals surface area contributed by atoms with Crippen LogP contribution in [0.4, 0.5) is 0 Å². The maximum atomic E-state index is 9.40. The van der Waals surface area contributed by atoms with E-state index < -0.39 is 0 Å². The van der Waals surface area contributed by atoms with Crippen molar-refractivity contribution in [3.8, 4) is 0 Å². The van der Waals surface area contributed by atoms with E-state index in [0.29, 0.717) is 12.6 Å². The highest BCUT2D eigenvalue weighted by molar-refractivity contribution is 4.73. The van der Waals surface area contributed by atoms with E-state index in [9.17, 15) is 5.11 Å². The van der Waals surface area contributed by atoms with E-state index in [1.165, 1.54) is 0 Å². The molecule has 0 amide bonds. The summed E-state index contributed by atoms with van der Waals surface area (Å²) in [6.07, 6.45) is -0.284. The van der Waals surface area contributed by atoms with Gasteiger partial charge in [-0.25, -0.2) is 0 Å². The van der Waals surface area contributed by atoms with Crippen molar-refractivity contribution in [2.75, 3.05) is 19.6 Å². The fourth-order valence-electron chi connectivity index (χ4n) is 1.31. The van der Waals surface area contributed by atoms with Crippen LogP contribution in [-0.4, -0.2) is 41.9 Å². The summed E-state index contributed by atoms with van der Waals surface area (Å²) >= 11 is 0. The van der Waals surface area contributed by atoms with Crippen LogP contribution in [-0.2, 0) is 0 Å². The average Bonchev–Trinajstić information content (AvgIpc) is 1.88. The molecule has 1 heterocycles. The normalized spacial score (nSPS) is 29.4. The van der Waals surface area contributed by atoms with Crippen molar-refractivity contribution in [2.45, 2.75) is 26.1 Å². The quantitative estimate of drug-likeness (QED) is 0.526. The van der Waals surface area contributed by atoms with Gasteiger partial charge in [0, 0.05) is 25.7 Å². The van der Waals surface area contributed by atoms with Crippen LogP contribution in [0.2, 0.25) is 0 Å². The minimum atomic E-state index is -0.284. The Morgan fingerprint density at radius 2 is 2.30 bits per heavy atom. The number of nitrogens with one attached hydrogen (secondary N) is 1. The van der Waals surface area contributed by atoms with Gasteiger partial charge in [-0.1, -0.05) is 0 Å². The van der Waals surface area contributed by atoms with Crippen LogP contribution in [0, 0.1) is 0 Å². The smallest absolute Gasteiger partial charge is 0.120 e. The summed E-state index contributed by atoms with van der Waals surface area (Å²) in [5, 5.41) is 12.5. The number of β-amino-alcohol motifs (C(OH)–C–C–N with tert-alkyl or cyclic N) is 1. The molecule has 1 aliphatic heterocycles. The third kappa shape index (κ3) is 1.68. The lowest BCUT2D eigenvalue weighted by atomic mass is 10.2. The molecule has 1 saturated heterocycles. The monoisotopic (exact) mass is 144 g/mol. The molecule has 1 rings (SSSR count). The highest BCUT2D eigenvalue weighted by Crippen LogP contribution is 2.04. The molecule has 0 aromatic rings. The molecule has 3 heteroatoms. The van der Waals surface area contributed by atoms with Gasteiger partial charge in [-0.05, 0) is 13.8 Å². The first-order valence-corrected chi connectivity index (χ1v) is 3.86. The van der Waals surface area contributed by atoms with Gasteiger partial charge in [0.25, 0.3) is 0 Å². The first kappa shape index (κ1) is 7.98. The second-order valence-corrected chi connectivity index (χ2v) is 3.02. The molecule has 1 fully saturated rings. The molecule has 0 aromatic carbocycles. The molecule has 2 N–H and O–H groups in total. The van der Waals surface area contributed by atoms with Crippen molar-refractivity contribution < 1.29 is 5.11 Å². The number of hydrogen-bond acceptors (Lipinski definition) is 3. The second-order valence-electron chi connectivity index (χ2n) is 3.02. The largest absolute Gasteiger partial charge is 0.377 e. The Morgan fingerprint density at radius 1 is 1.60 bits per heavy atom. The lowest BCUT2D eigenvalue weighted by molar-refractivity contribution is -0.0313. The first-order valence-electron chi connectivity index (χ1n) is 3.86. The maximum Gasteiger partial charge on any atom is 0.120 e. The first-order chi connectivity index (χ1) is 4.72. The minimum absolute atomic E-state index is 0.284. The van der Waals surface area contributed by atoms with Gasteiger partial charge in [0.15, 0.2) is 0 Å². The SMILES string of the molecule is CC(C)N1CCNCC1O. The zero-order valence-corrected chi connectivity index (χ0v) is 6.67. The molecule has 0 aromatic heterocycles. The van der Waals surface area contributed by atoms with Crippen molar-refractivity contribution in [3.63, 3.8) is 0 Å². The Labute approximate surface area is 62.0 Å². The molecule has 60 valence electrons. The van der Waals surface area contributed by atoms with Crippen molar-refractivity contribution in [3.05, 3.63) is 0 Å². The Kier molecular flexibility index (Phi) is 2.65. The van der Waals surface area contributed by atoms with Crippen molar-refractivity contribution in [2.24, 2.45) is 0 Å².